The number of benzene rings is 2. The van der Waals surface area contributed by atoms with Crippen molar-refractivity contribution in [3.63, 3.8) is 0 Å². The standard InChI is InChI=1S/C22H28BrClN2O2/c1-3-26-9-5-8-19(26)14-25-13-17-11-21(27-2)22(12-20(17)23)28-15-16-6-4-7-18(24)10-16/h4,6-7,10-12,19,25H,3,5,8-9,13-15H2,1-2H3. The Balaban J connectivity index is 1.60. The van der Waals surface area contributed by atoms with Crippen molar-refractivity contribution in [3.05, 3.63) is 57.0 Å². The molecule has 2 aromatic carbocycles. The van der Waals surface area contributed by atoms with Crippen molar-refractivity contribution >= 4 is 27.5 Å². The third-order valence-electron chi connectivity index (χ3n) is 5.22. The van der Waals surface area contributed by atoms with Crippen molar-refractivity contribution < 1.29 is 9.47 Å². The molecule has 3 rings (SSSR count). The van der Waals surface area contributed by atoms with Crippen molar-refractivity contribution in [1.82, 2.24) is 10.2 Å². The molecule has 1 aliphatic heterocycles. The molecule has 0 aliphatic carbocycles. The molecule has 1 unspecified atom stereocenters. The van der Waals surface area contributed by atoms with Crippen molar-refractivity contribution in [2.75, 3.05) is 26.7 Å². The van der Waals surface area contributed by atoms with Crippen LogP contribution in [0.1, 0.15) is 30.9 Å². The van der Waals surface area contributed by atoms with Crippen molar-refractivity contribution in [2.45, 2.75) is 39.0 Å². The molecule has 1 fully saturated rings. The summed E-state index contributed by atoms with van der Waals surface area (Å²) in [5.41, 5.74) is 2.18. The van der Waals surface area contributed by atoms with Crippen LogP contribution in [0.3, 0.4) is 0 Å². The molecule has 0 saturated carbocycles. The van der Waals surface area contributed by atoms with E-state index in [1.165, 1.54) is 19.4 Å². The van der Waals surface area contributed by atoms with E-state index in [9.17, 15) is 0 Å². The molecule has 152 valence electrons. The van der Waals surface area contributed by atoms with Gasteiger partial charge in [-0.05, 0) is 61.3 Å². The van der Waals surface area contributed by atoms with Gasteiger partial charge in [-0.2, -0.15) is 0 Å². The highest BCUT2D eigenvalue weighted by Crippen LogP contribution is 2.34. The Morgan fingerprint density at radius 1 is 1.25 bits per heavy atom. The number of ether oxygens (including phenoxy) is 2. The van der Waals surface area contributed by atoms with E-state index in [0.717, 1.165) is 41.0 Å². The molecule has 2 aromatic rings. The van der Waals surface area contributed by atoms with Gasteiger partial charge in [-0.3, -0.25) is 4.90 Å². The van der Waals surface area contributed by atoms with Crippen molar-refractivity contribution in [2.24, 2.45) is 0 Å². The molecule has 0 spiro atoms. The summed E-state index contributed by atoms with van der Waals surface area (Å²) in [4.78, 5) is 2.55. The van der Waals surface area contributed by atoms with Gasteiger partial charge in [-0.15, -0.1) is 0 Å². The van der Waals surface area contributed by atoms with Gasteiger partial charge in [0.2, 0.25) is 0 Å². The van der Waals surface area contributed by atoms with E-state index in [1.807, 2.05) is 36.4 Å². The summed E-state index contributed by atoms with van der Waals surface area (Å²) in [6.45, 7) is 6.83. The smallest absolute Gasteiger partial charge is 0.162 e. The second-order valence-electron chi connectivity index (χ2n) is 7.07. The summed E-state index contributed by atoms with van der Waals surface area (Å²) < 4.78 is 12.6. The molecule has 1 saturated heterocycles. The summed E-state index contributed by atoms with van der Waals surface area (Å²) in [5, 5.41) is 4.31. The monoisotopic (exact) mass is 466 g/mol. The second kappa shape index (κ2) is 10.5. The molecule has 1 heterocycles. The fraction of sp³-hybridized carbons (Fsp3) is 0.455. The van der Waals surface area contributed by atoms with E-state index in [1.54, 1.807) is 7.11 Å². The van der Waals surface area contributed by atoms with Crippen LogP contribution < -0.4 is 14.8 Å². The van der Waals surface area contributed by atoms with E-state index in [2.05, 4.69) is 33.1 Å². The van der Waals surface area contributed by atoms with Crippen molar-refractivity contribution in [3.8, 4) is 11.5 Å². The van der Waals surface area contributed by atoms with Crippen LogP contribution in [0.5, 0.6) is 11.5 Å². The maximum Gasteiger partial charge on any atom is 0.162 e. The zero-order valence-electron chi connectivity index (χ0n) is 16.5. The van der Waals surface area contributed by atoms with Gasteiger partial charge in [0.15, 0.2) is 11.5 Å². The second-order valence-corrected chi connectivity index (χ2v) is 8.36. The Hall–Kier alpha value is -1.27. The van der Waals surface area contributed by atoms with Gasteiger partial charge in [0.05, 0.1) is 7.11 Å². The number of likely N-dealkylation sites (N-methyl/N-ethyl adjacent to an activating group) is 1. The zero-order valence-corrected chi connectivity index (χ0v) is 18.9. The molecule has 0 aromatic heterocycles. The molecule has 28 heavy (non-hydrogen) atoms. The molecule has 4 nitrogen and oxygen atoms in total. The summed E-state index contributed by atoms with van der Waals surface area (Å²) >= 11 is 9.73. The van der Waals surface area contributed by atoms with Gasteiger partial charge in [0.1, 0.15) is 6.61 Å². The molecule has 6 heteroatoms. The van der Waals surface area contributed by atoms with E-state index >= 15 is 0 Å². The van der Waals surface area contributed by atoms with Gasteiger partial charge in [0, 0.05) is 28.6 Å². The quantitative estimate of drug-likeness (QED) is 0.545. The Morgan fingerprint density at radius 3 is 2.86 bits per heavy atom. The lowest BCUT2D eigenvalue weighted by Crippen LogP contribution is -2.37. The van der Waals surface area contributed by atoms with E-state index in [-0.39, 0.29) is 0 Å². The van der Waals surface area contributed by atoms with Gasteiger partial charge in [0.25, 0.3) is 0 Å². The first-order chi connectivity index (χ1) is 13.6. The van der Waals surface area contributed by atoms with Crippen LogP contribution in [0, 0.1) is 0 Å². The number of hydrogen-bond acceptors (Lipinski definition) is 4. The molecule has 0 bridgehead atoms. The Kier molecular flexibility index (Phi) is 8.03. The summed E-state index contributed by atoms with van der Waals surface area (Å²) in [5.74, 6) is 1.45. The normalized spacial score (nSPS) is 17.1. The average Bonchev–Trinajstić information content (AvgIpc) is 3.15. The van der Waals surface area contributed by atoms with Gasteiger partial charge in [-0.25, -0.2) is 0 Å². The number of hydrogen-bond donors (Lipinski definition) is 1. The third-order valence-corrected chi connectivity index (χ3v) is 6.19. The maximum absolute atomic E-state index is 6.05. The predicted molar refractivity (Wildman–Crippen MR) is 118 cm³/mol. The van der Waals surface area contributed by atoms with Gasteiger partial charge >= 0.3 is 0 Å². The Bertz CT molecular complexity index is 787. The molecule has 0 amide bonds. The predicted octanol–water partition coefficient (Wildman–Crippen LogP) is 5.26. The number of methoxy groups -OCH3 is 1. The highest BCUT2D eigenvalue weighted by Gasteiger charge is 2.22. The van der Waals surface area contributed by atoms with Crippen LogP contribution in [0.25, 0.3) is 0 Å². The van der Waals surface area contributed by atoms with E-state index < -0.39 is 0 Å². The minimum atomic E-state index is 0.440. The SMILES string of the molecule is CCN1CCCC1CNCc1cc(OC)c(OCc2cccc(Cl)c2)cc1Br. The molecule has 0 radical (unpaired) electrons. The summed E-state index contributed by atoms with van der Waals surface area (Å²) in [7, 11) is 1.67. The summed E-state index contributed by atoms with van der Waals surface area (Å²) in [6.07, 6.45) is 2.58. The van der Waals surface area contributed by atoms with Gasteiger partial charge in [-0.1, -0.05) is 46.6 Å². The highest BCUT2D eigenvalue weighted by atomic mass is 79.9. The molecule has 1 atom stereocenters. The first-order valence-electron chi connectivity index (χ1n) is 9.79. The largest absolute Gasteiger partial charge is 0.493 e. The number of nitrogens with one attached hydrogen (secondary N) is 1. The number of likely N-dealkylation sites (tertiary alicyclic amines) is 1. The van der Waals surface area contributed by atoms with E-state index in [0.29, 0.717) is 23.4 Å². The van der Waals surface area contributed by atoms with Crippen LogP contribution in [0.15, 0.2) is 40.9 Å². The van der Waals surface area contributed by atoms with Crippen LogP contribution in [0.2, 0.25) is 5.02 Å². The van der Waals surface area contributed by atoms with Crippen LogP contribution in [-0.4, -0.2) is 37.7 Å². The molecular formula is C22H28BrClN2O2. The third kappa shape index (κ3) is 5.63. The lowest BCUT2D eigenvalue weighted by molar-refractivity contribution is 0.259. The first kappa shape index (κ1) is 21.4. The number of nitrogens with zero attached hydrogens (tertiary/aromatic N) is 1. The zero-order chi connectivity index (χ0) is 19.9. The highest BCUT2D eigenvalue weighted by molar-refractivity contribution is 9.10. The molecule has 1 aliphatic rings. The van der Waals surface area contributed by atoms with Crippen LogP contribution in [-0.2, 0) is 13.2 Å². The summed E-state index contributed by atoms with van der Waals surface area (Å²) in [6, 6.07) is 12.3. The first-order valence-corrected chi connectivity index (χ1v) is 11.0. The minimum absolute atomic E-state index is 0.440. The lowest BCUT2D eigenvalue weighted by Gasteiger charge is -2.23. The maximum atomic E-state index is 6.05. The number of halogens is 2. The Labute approximate surface area is 181 Å². The molecule has 1 N–H and O–H groups in total. The topological polar surface area (TPSA) is 33.7 Å². The number of rotatable bonds is 9. The average molecular weight is 468 g/mol. The lowest BCUT2D eigenvalue weighted by atomic mass is 10.1. The van der Waals surface area contributed by atoms with Crippen LogP contribution in [0.4, 0.5) is 0 Å². The fourth-order valence-corrected chi connectivity index (χ4v) is 4.36. The van der Waals surface area contributed by atoms with Crippen LogP contribution >= 0.6 is 27.5 Å². The van der Waals surface area contributed by atoms with Gasteiger partial charge < -0.3 is 14.8 Å². The Morgan fingerprint density at radius 2 is 2.11 bits per heavy atom. The fourth-order valence-electron chi connectivity index (χ4n) is 3.69. The van der Waals surface area contributed by atoms with Crippen molar-refractivity contribution in [1.29, 1.82) is 0 Å². The minimum Gasteiger partial charge on any atom is -0.493 e. The van der Waals surface area contributed by atoms with E-state index in [4.69, 9.17) is 21.1 Å². The molecular weight excluding hydrogens is 440 g/mol.